The lowest BCUT2D eigenvalue weighted by Gasteiger charge is -2.39. The molecular weight excluding hydrogens is 583 g/mol. The Kier molecular flexibility index (Phi) is 10.1. The van der Waals surface area contributed by atoms with E-state index in [2.05, 4.69) is 45.3 Å². The van der Waals surface area contributed by atoms with Crippen molar-refractivity contribution in [2.45, 2.75) is 83.3 Å². The molecule has 0 amide bonds. The number of benzene rings is 1. The third kappa shape index (κ3) is 7.29. The van der Waals surface area contributed by atoms with Crippen LogP contribution in [0.3, 0.4) is 0 Å². The van der Waals surface area contributed by atoms with Crippen molar-refractivity contribution in [3.63, 3.8) is 0 Å². The number of anilines is 3. The molecular formula is C35H49FN8O2. The summed E-state index contributed by atoms with van der Waals surface area (Å²) >= 11 is 0. The van der Waals surface area contributed by atoms with Gasteiger partial charge in [0.25, 0.3) is 0 Å². The van der Waals surface area contributed by atoms with Crippen molar-refractivity contribution in [3.8, 4) is 0 Å². The molecule has 2 aromatic heterocycles. The second kappa shape index (κ2) is 14.4. The van der Waals surface area contributed by atoms with Crippen LogP contribution in [0, 0.1) is 17.7 Å². The Morgan fingerprint density at radius 1 is 1.13 bits per heavy atom. The Balaban J connectivity index is 1.33. The fraction of sp³-hybridized carbons (Fsp3) is 0.600. The molecule has 10 nitrogen and oxygen atoms in total. The predicted octanol–water partition coefficient (Wildman–Crippen LogP) is 5.66. The van der Waals surface area contributed by atoms with Gasteiger partial charge in [0.2, 0.25) is 5.95 Å². The Bertz CT molecular complexity index is 1480. The quantitative estimate of drug-likeness (QED) is 0.277. The van der Waals surface area contributed by atoms with Crippen LogP contribution in [-0.4, -0.2) is 75.0 Å². The molecule has 4 heterocycles. The summed E-state index contributed by atoms with van der Waals surface area (Å²) in [7, 11) is 4.05. The number of carboxylic acid groups (broad SMARTS) is 1. The van der Waals surface area contributed by atoms with Gasteiger partial charge in [0.05, 0.1) is 23.9 Å². The zero-order valence-corrected chi connectivity index (χ0v) is 27.5. The number of piperidine rings is 1. The van der Waals surface area contributed by atoms with Gasteiger partial charge in [0.1, 0.15) is 11.6 Å². The molecule has 2 N–H and O–H groups in total. The molecule has 6 rings (SSSR count). The minimum atomic E-state index is -0.673. The van der Waals surface area contributed by atoms with Crippen LogP contribution in [0.2, 0.25) is 0 Å². The molecule has 46 heavy (non-hydrogen) atoms. The molecule has 1 saturated carbocycles. The van der Waals surface area contributed by atoms with Gasteiger partial charge >= 0.3 is 5.97 Å². The summed E-state index contributed by atoms with van der Waals surface area (Å²) in [6, 6.07) is 7.01. The van der Waals surface area contributed by atoms with Crippen molar-refractivity contribution < 1.29 is 14.3 Å². The van der Waals surface area contributed by atoms with E-state index in [9.17, 15) is 14.3 Å². The number of fused-ring (bicyclic) bond motifs is 1. The molecule has 1 aromatic carbocycles. The Morgan fingerprint density at radius 3 is 2.59 bits per heavy atom. The zero-order valence-electron chi connectivity index (χ0n) is 27.5. The monoisotopic (exact) mass is 632 g/mol. The topological polar surface area (TPSA) is 103 Å². The molecule has 0 spiro atoms. The number of aromatic nitrogens is 4. The van der Waals surface area contributed by atoms with Crippen LogP contribution in [0.5, 0.6) is 0 Å². The smallest absolute Gasteiger partial charge is 0.306 e. The van der Waals surface area contributed by atoms with Gasteiger partial charge in [-0.25, -0.2) is 9.37 Å². The first-order valence-electron chi connectivity index (χ1n) is 17.1. The minimum Gasteiger partial charge on any atom is -0.481 e. The normalized spacial score (nSPS) is 21.8. The first kappa shape index (κ1) is 32.2. The molecule has 2 atom stereocenters. The fourth-order valence-corrected chi connectivity index (χ4v) is 7.81. The SMILES string of the molecule is CC[C@H](C1CCC(C(=O)O)CC1)N(C)c1nc2c(c(N[C@@H](CN3CCCCC3)c3cnn(C)c3)n1)CN(c1cccc(F)c1)CC2. The van der Waals surface area contributed by atoms with E-state index in [1.165, 1.54) is 25.3 Å². The Hall–Kier alpha value is -3.73. The summed E-state index contributed by atoms with van der Waals surface area (Å²) in [4.78, 5) is 29.0. The number of halogens is 1. The van der Waals surface area contributed by atoms with Gasteiger partial charge in [0, 0.05) is 69.2 Å². The zero-order chi connectivity index (χ0) is 32.2. The summed E-state index contributed by atoms with van der Waals surface area (Å²) in [5.74, 6) is 0.774. The van der Waals surface area contributed by atoms with E-state index in [1.807, 2.05) is 24.0 Å². The highest BCUT2D eigenvalue weighted by Crippen LogP contribution is 2.37. The van der Waals surface area contributed by atoms with E-state index in [1.54, 1.807) is 12.1 Å². The maximum atomic E-state index is 14.2. The molecule has 1 aliphatic carbocycles. The van der Waals surface area contributed by atoms with Gasteiger partial charge < -0.3 is 25.1 Å². The van der Waals surface area contributed by atoms with Crippen LogP contribution in [-0.2, 0) is 24.8 Å². The number of carboxylic acids is 1. The van der Waals surface area contributed by atoms with Crippen LogP contribution in [0.15, 0.2) is 36.7 Å². The minimum absolute atomic E-state index is 0.0122. The molecule has 0 bridgehead atoms. The third-order valence-electron chi connectivity index (χ3n) is 10.4. The summed E-state index contributed by atoms with van der Waals surface area (Å²) in [6.45, 7) is 6.56. The maximum absolute atomic E-state index is 14.2. The number of nitrogens with one attached hydrogen (secondary N) is 1. The van der Waals surface area contributed by atoms with E-state index in [-0.39, 0.29) is 23.8 Å². The van der Waals surface area contributed by atoms with Crippen LogP contribution < -0.4 is 15.1 Å². The van der Waals surface area contributed by atoms with E-state index in [0.29, 0.717) is 18.4 Å². The molecule has 2 aliphatic heterocycles. The average molecular weight is 633 g/mol. The lowest BCUT2D eigenvalue weighted by Crippen LogP contribution is -2.41. The summed E-state index contributed by atoms with van der Waals surface area (Å²) < 4.78 is 16.1. The van der Waals surface area contributed by atoms with Crippen molar-refractivity contribution in [1.82, 2.24) is 24.6 Å². The van der Waals surface area contributed by atoms with Crippen LogP contribution >= 0.6 is 0 Å². The maximum Gasteiger partial charge on any atom is 0.306 e. The number of carbonyl (C=O) groups is 1. The fourth-order valence-electron chi connectivity index (χ4n) is 7.81. The van der Waals surface area contributed by atoms with Crippen LogP contribution in [0.4, 0.5) is 21.8 Å². The highest BCUT2D eigenvalue weighted by Gasteiger charge is 2.34. The highest BCUT2D eigenvalue weighted by molar-refractivity contribution is 5.70. The van der Waals surface area contributed by atoms with Crippen molar-refractivity contribution in [2.24, 2.45) is 18.9 Å². The van der Waals surface area contributed by atoms with Crippen LogP contribution in [0.25, 0.3) is 0 Å². The first-order chi connectivity index (χ1) is 22.3. The Morgan fingerprint density at radius 2 is 1.91 bits per heavy atom. The van der Waals surface area contributed by atoms with E-state index in [4.69, 9.17) is 9.97 Å². The molecule has 0 radical (unpaired) electrons. The van der Waals surface area contributed by atoms with Crippen molar-refractivity contribution in [1.29, 1.82) is 0 Å². The average Bonchev–Trinajstić information content (AvgIpc) is 3.51. The number of aliphatic carboxylic acids is 1. The molecule has 3 aromatic rings. The van der Waals surface area contributed by atoms with Gasteiger partial charge in [-0.1, -0.05) is 19.4 Å². The standard InChI is InChI=1S/C35H49FN8O2/c1-4-32(24-11-13-25(14-12-24)34(45)46)42(3)35-39-30-15-18-44(28-10-8-9-27(36)19-28)22-29(30)33(40-35)38-31(26-20-37-41(2)21-26)23-43-16-6-5-7-17-43/h8-10,19-21,24-25,31-32H,4-7,11-18,22-23H2,1-3H3,(H,45,46)(H,38,39,40)/t24?,25?,31-,32+/m0/s1. The largest absolute Gasteiger partial charge is 0.481 e. The number of hydrogen-bond donors (Lipinski definition) is 2. The van der Waals surface area contributed by atoms with Crippen molar-refractivity contribution >= 4 is 23.4 Å². The molecule has 248 valence electrons. The summed E-state index contributed by atoms with van der Waals surface area (Å²) in [5.41, 5.74) is 4.06. The Labute approximate surface area is 272 Å². The number of hydrogen-bond acceptors (Lipinski definition) is 8. The van der Waals surface area contributed by atoms with Gasteiger partial charge in [-0.05, 0) is 82.2 Å². The molecule has 2 fully saturated rings. The summed E-state index contributed by atoms with van der Waals surface area (Å²) in [5, 5.41) is 17.9. The molecule has 0 unspecified atom stereocenters. The van der Waals surface area contributed by atoms with Gasteiger partial charge in [-0.3, -0.25) is 9.48 Å². The second-order valence-corrected chi connectivity index (χ2v) is 13.5. The predicted molar refractivity (Wildman–Crippen MR) is 179 cm³/mol. The van der Waals surface area contributed by atoms with Gasteiger partial charge in [0.15, 0.2) is 0 Å². The van der Waals surface area contributed by atoms with Gasteiger partial charge in [-0.2, -0.15) is 10.1 Å². The molecule has 1 saturated heterocycles. The van der Waals surface area contributed by atoms with E-state index in [0.717, 1.165) is 93.0 Å². The number of aryl methyl sites for hydroxylation is 1. The first-order valence-corrected chi connectivity index (χ1v) is 17.1. The number of nitrogens with zero attached hydrogens (tertiary/aromatic N) is 7. The third-order valence-corrected chi connectivity index (χ3v) is 10.4. The number of likely N-dealkylation sites (tertiary alicyclic amines) is 1. The van der Waals surface area contributed by atoms with Gasteiger partial charge in [-0.15, -0.1) is 0 Å². The summed E-state index contributed by atoms with van der Waals surface area (Å²) in [6.07, 6.45) is 12.7. The second-order valence-electron chi connectivity index (χ2n) is 13.5. The highest BCUT2D eigenvalue weighted by atomic mass is 19.1. The van der Waals surface area contributed by atoms with Crippen molar-refractivity contribution in [2.75, 3.05) is 48.3 Å². The van der Waals surface area contributed by atoms with Crippen molar-refractivity contribution in [3.05, 3.63) is 59.3 Å². The molecule has 3 aliphatic rings. The van der Waals surface area contributed by atoms with E-state index < -0.39 is 5.97 Å². The van der Waals surface area contributed by atoms with E-state index >= 15 is 0 Å². The lowest BCUT2D eigenvalue weighted by molar-refractivity contribution is -0.143. The molecule has 11 heteroatoms. The lowest BCUT2D eigenvalue weighted by atomic mass is 9.77. The number of rotatable bonds is 11. The van der Waals surface area contributed by atoms with Crippen LogP contribution in [0.1, 0.15) is 81.2 Å².